The molecule has 0 saturated carbocycles. The summed E-state index contributed by atoms with van der Waals surface area (Å²) < 4.78 is 0. The largest absolute Gasteiger partial charge is 1.00 e. The van der Waals surface area contributed by atoms with Crippen LogP contribution in [-0.4, -0.2) is 15.8 Å². The van der Waals surface area contributed by atoms with E-state index in [9.17, 15) is 9.90 Å². The molecule has 0 fully saturated rings. The molecular weight excluding hydrogens is 381 g/mol. The molecule has 2 nitrogen and oxygen atoms in total. The molecule has 0 aromatic heterocycles. The fraction of sp³-hybridized carbons (Fsp3) is 0.900. The van der Waals surface area contributed by atoms with Crippen molar-refractivity contribution in [2.24, 2.45) is 0 Å². The first-order valence-electron chi connectivity index (χ1n) is 5.00. The van der Waals surface area contributed by atoms with Crippen LogP contribution in [0.1, 0.15) is 52.4 Å². The molecule has 0 amide bonds. The van der Waals surface area contributed by atoms with Gasteiger partial charge >= 0.3 is 22.4 Å². The number of hydrogen-bond donors (Lipinski definition) is 1. The molecule has 1 unspecified atom stereocenters. The average Bonchev–Trinajstić information content (AvgIpc) is 2.12. The van der Waals surface area contributed by atoms with Crippen LogP contribution in [0.5, 0.6) is 0 Å². The van der Waals surface area contributed by atoms with E-state index in [1.165, 1.54) is 0 Å². The van der Waals surface area contributed by atoms with Crippen LogP contribution in [0.25, 0.3) is 0 Å². The monoisotopic (exact) mass is 400 g/mol. The van der Waals surface area contributed by atoms with Crippen molar-refractivity contribution in [3.05, 3.63) is 0 Å². The number of carbonyl (C=O) groups excluding carboxylic acids is 1. The summed E-state index contributed by atoms with van der Waals surface area (Å²) in [5.74, 6) is 0. The molecule has 0 aromatic rings. The minimum atomic E-state index is -1.23. The summed E-state index contributed by atoms with van der Waals surface area (Å²) in [6.45, 7) is 3.92. The van der Waals surface area contributed by atoms with E-state index in [0.717, 1.165) is 25.7 Å². The first kappa shape index (κ1) is 17.0. The fourth-order valence-electron chi connectivity index (χ4n) is 1.27. The van der Waals surface area contributed by atoms with Gasteiger partial charge in [-0.2, -0.15) is 0 Å². The Bertz CT molecular complexity index is 164. The van der Waals surface area contributed by atoms with Crippen LogP contribution in [0.3, 0.4) is 0 Å². The molecule has 0 spiro atoms. The predicted octanol–water partition coefficient (Wildman–Crippen LogP) is 2.17. The SMILES string of the molecule is CCCCCCC(O)(CC)C(=O)[S-].[Au+]. The molecule has 0 heterocycles. The summed E-state index contributed by atoms with van der Waals surface area (Å²) in [6.07, 6.45) is 5.23. The van der Waals surface area contributed by atoms with Crippen molar-refractivity contribution in [3.8, 4) is 0 Å². The molecular formula is C10H19AuO2S. The molecule has 0 aliphatic carbocycles. The van der Waals surface area contributed by atoms with E-state index in [-0.39, 0.29) is 22.4 Å². The number of unbranched alkanes of at least 4 members (excludes halogenated alkanes) is 3. The van der Waals surface area contributed by atoms with Crippen molar-refractivity contribution < 1.29 is 32.3 Å². The van der Waals surface area contributed by atoms with Crippen molar-refractivity contribution in [1.82, 2.24) is 0 Å². The van der Waals surface area contributed by atoms with Gasteiger partial charge in [0.25, 0.3) is 0 Å². The van der Waals surface area contributed by atoms with Crippen molar-refractivity contribution >= 4 is 17.7 Å². The molecule has 1 atom stereocenters. The molecule has 4 heteroatoms. The molecule has 0 saturated heterocycles. The second-order valence-electron chi connectivity index (χ2n) is 3.48. The molecule has 88 valence electrons. The van der Waals surface area contributed by atoms with Gasteiger partial charge in [0.2, 0.25) is 0 Å². The smallest absolute Gasteiger partial charge is 0.739 e. The Morgan fingerprint density at radius 1 is 1.29 bits per heavy atom. The van der Waals surface area contributed by atoms with Gasteiger partial charge in [-0.15, -0.1) is 0 Å². The maximum Gasteiger partial charge on any atom is 1.00 e. The van der Waals surface area contributed by atoms with Crippen LogP contribution in [0, 0.1) is 0 Å². The standard InChI is InChI=1S/C10H20O2S.Au/c1-3-5-6-7-8-10(12,4-2)9(11)13;/h12H,3-8H2,1-2H3,(H,11,13);/q;+1/p-1. The molecule has 0 aliphatic heterocycles. The van der Waals surface area contributed by atoms with Gasteiger partial charge in [0.15, 0.2) is 0 Å². The minimum Gasteiger partial charge on any atom is -0.739 e. The molecule has 1 N–H and O–H groups in total. The maximum atomic E-state index is 10.9. The second-order valence-corrected chi connectivity index (χ2v) is 3.85. The van der Waals surface area contributed by atoms with Crippen molar-refractivity contribution in [3.63, 3.8) is 0 Å². The van der Waals surface area contributed by atoms with Crippen LogP contribution in [0.15, 0.2) is 0 Å². The number of carbonyl (C=O) groups is 1. The molecule has 0 aliphatic rings. The fourth-order valence-corrected chi connectivity index (χ4v) is 1.51. The minimum absolute atomic E-state index is 0. The van der Waals surface area contributed by atoms with E-state index in [1.807, 2.05) is 0 Å². The van der Waals surface area contributed by atoms with Crippen LogP contribution >= 0.6 is 0 Å². The van der Waals surface area contributed by atoms with Crippen molar-refractivity contribution in [2.45, 2.75) is 58.0 Å². The molecule has 0 aromatic carbocycles. The maximum absolute atomic E-state index is 10.9. The van der Waals surface area contributed by atoms with Crippen LogP contribution < -0.4 is 0 Å². The number of aliphatic hydroxyl groups is 1. The molecule has 0 radical (unpaired) electrons. The van der Waals surface area contributed by atoms with Gasteiger partial charge in [-0.05, 0) is 12.8 Å². The zero-order valence-electron chi connectivity index (χ0n) is 8.81. The third-order valence-electron chi connectivity index (χ3n) is 2.41. The average molecular weight is 400 g/mol. The third-order valence-corrected chi connectivity index (χ3v) is 2.79. The number of hydrogen-bond acceptors (Lipinski definition) is 3. The Morgan fingerprint density at radius 2 is 1.86 bits per heavy atom. The zero-order chi connectivity index (χ0) is 10.3. The summed E-state index contributed by atoms with van der Waals surface area (Å²) in [5, 5.41) is 9.24. The van der Waals surface area contributed by atoms with Gasteiger partial charge in [-0.1, -0.05) is 39.5 Å². The topological polar surface area (TPSA) is 37.3 Å². The first-order valence-corrected chi connectivity index (χ1v) is 5.41. The Kier molecular flexibility index (Phi) is 10.8. The normalized spacial score (nSPS) is 14.2. The van der Waals surface area contributed by atoms with Gasteiger partial charge in [-0.3, -0.25) is 0 Å². The van der Waals surface area contributed by atoms with Crippen LogP contribution in [0.4, 0.5) is 0 Å². The Labute approximate surface area is 108 Å². The first-order chi connectivity index (χ1) is 6.06. The van der Waals surface area contributed by atoms with E-state index in [0.29, 0.717) is 12.8 Å². The van der Waals surface area contributed by atoms with E-state index >= 15 is 0 Å². The van der Waals surface area contributed by atoms with E-state index < -0.39 is 10.7 Å². The van der Waals surface area contributed by atoms with E-state index in [1.54, 1.807) is 6.92 Å². The van der Waals surface area contributed by atoms with E-state index in [2.05, 4.69) is 19.6 Å². The summed E-state index contributed by atoms with van der Waals surface area (Å²) in [6, 6.07) is 0. The Balaban J connectivity index is 0. The summed E-state index contributed by atoms with van der Waals surface area (Å²) >= 11 is 4.50. The van der Waals surface area contributed by atoms with Crippen LogP contribution in [0.2, 0.25) is 0 Å². The Hall–Kier alpha value is 0.590. The summed E-state index contributed by atoms with van der Waals surface area (Å²) in [4.78, 5) is 10.9. The molecule has 14 heavy (non-hydrogen) atoms. The number of rotatable bonds is 7. The predicted molar refractivity (Wildman–Crippen MR) is 56.4 cm³/mol. The van der Waals surface area contributed by atoms with Crippen molar-refractivity contribution in [2.75, 3.05) is 0 Å². The van der Waals surface area contributed by atoms with Crippen molar-refractivity contribution in [1.29, 1.82) is 0 Å². The van der Waals surface area contributed by atoms with E-state index in [4.69, 9.17) is 0 Å². The van der Waals surface area contributed by atoms with Gasteiger partial charge in [-0.25, -0.2) is 0 Å². The summed E-state index contributed by atoms with van der Waals surface area (Å²) in [5.41, 5.74) is -1.23. The van der Waals surface area contributed by atoms with Gasteiger partial charge in [0.05, 0.1) is 0 Å². The quantitative estimate of drug-likeness (QED) is 0.405. The van der Waals surface area contributed by atoms with Crippen LogP contribution in [-0.2, 0) is 39.8 Å². The molecule has 0 rings (SSSR count). The zero-order valence-corrected chi connectivity index (χ0v) is 11.8. The third kappa shape index (κ3) is 6.14. The molecule has 0 bridgehead atoms. The van der Waals surface area contributed by atoms with Gasteiger partial charge in [0, 0.05) is 5.12 Å². The summed E-state index contributed by atoms with van der Waals surface area (Å²) in [7, 11) is 0. The van der Waals surface area contributed by atoms with Gasteiger partial charge in [0.1, 0.15) is 5.60 Å². The Morgan fingerprint density at radius 3 is 2.21 bits per heavy atom. The van der Waals surface area contributed by atoms with Gasteiger partial charge < -0.3 is 22.5 Å². The second kappa shape index (κ2) is 8.86.